The number of hydrogen-bond acceptors (Lipinski definition) is 6. The molecule has 0 aliphatic heterocycles. The number of aromatic nitrogens is 2. The lowest BCUT2D eigenvalue weighted by atomic mass is 9.98. The van der Waals surface area contributed by atoms with Crippen LogP contribution in [0.4, 0.5) is 10.6 Å². The highest BCUT2D eigenvalue weighted by molar-refractivity contribution is 6.02. The number of carboxylic acid groups (broad SMARTS) is 1. The Morgan fingerprint density at radius 3 is 2.20 bits per heavy atom. The molecule has 0 fully saturated rings. The van der Waals surface area contributed by atoms with Gasteiger partial charge in [-0.05, 0) is 34.7 Å². The van der Waals surface area contributed by atoms with E-state index in [0.717, 1.165) is 27.8 Å². The second-order valence-electron chi connectivity index (χ2n) is 9.81. The summed E-state index contributed by atoms with van der Waals surface area (Å²) in [7, 11) is 1.58. The van der Waals surface area contributed by atoms with Crippen LogP contribution in [0.3, 0.4) is 0 Å². The number of hydrogen-bond donors (Lipinski definition) is 3. The molecule has 1 aliphatic carbocycles. The second kappa shape index (κ2) is 12.1. The molecule has 1 aliphatic rings. The highest BCUT2D eigenvalue weighted by atomic mass is 16.5. The third kappa shape index (κ3) is 6.12. The molecule has 0 spiro atoms. The minimum absolute atomic E-state index is 0.0116. The van der Waals surface area contributed by atoms with E-state index in [9.17, 15) is 19.5 Å². The highest BCUT2D eigenvalue weighted by Gasteiger charge is 2.31. The van der Waals surface area contributed by atoms with Gasteiger partial charge in [0.05, 0.1) is 12.7 Å². The van der Waals surface area contributed by atoms with Crippen molar-refractivity contribution in [1.29, 1.82) is 0 Å². The van der Waals surface area contributed by atoms with Gasteiger partial charge < -0.3 is 19.9 Å². The molecule has 0 bridgehead atoms. The Hall–Kier alpha value is -4.96. The summed E-state index contributed by atoms with van der Waals surface area (Å²) in [5.74, 6) is -2.17. The van der Waals surface area contributed by atoms with Gasteiger partial charge in [0.2, 0.25) is 0 Å². The van der Waals surface area contributed by atoms with Crippen LogP contribution >= 0.6 is 0 Å². The van der Waals surface area contributed by atoms with E-state index in [-0.39, 0.29) is 30.5 Å². The Morgan fingerprint density at radius 2 is 1.56 bits per heavy atom. The van der Waals surface area contributed by atoms with Crippen LogP contribution in [-0.4, -0.2) is 51.6 Å². The van der Waals surface area contributed by atoms with E-state index in [1.54, 1.807) is 14.0 Å². The Morgan fingerprint density at radius 1 is 0.951 bits per heavy atom. The molecule has 3 N–H and O–H groups in total. The first-order valence-corrected chi connectivity index (χ1v) is 13.2. The third-order valence-corrected chi connectivity index (χ3v) is 7.02. The molecule has 2 atom stereocenters. The van der Waals surface area contributed by atoms with Crippen LogP contribution in [0, 0.1) is 0 Å². The lowest BCUT2D eigenvalue weighted by Crippen LogP contribution is -2.48. The maximum absolute atomic E-state index is 13.1. The average Bonchev–Trinajstić information content (AvgIpc) is 3.50. The van der Waals surface area contributed by atoms with Crippen molar-refractivity contribution < 1.29 is 29.0 Å². The van der Waals surface area contributed by atoms with Crippen LogP contribution in [-0.2, 0) is 27.9 Å². The molecule has 5 rings (SSSR count). The number of rotatable bonds is 10. The summed E-state index contributed by atoms with van der Waals surface area (Å²) in [6.07, 6.45) is -0.233. The van der Waals surface area contributed by atoms with E-state index >= 15 is 0 Å². The lowest BCUT2D eigenvalue weighted by molar-refractivity contribution is -0.143. The Bertz CT molecular complexity index is 1520. The van der Waals surface area contributed by atoms with Gasteiger partial charge in [0, 0.05) is 19.2 Å². The molecule has 0 saturated carbocycles. The van der Waals surface area contributed by atoms with Crippen molar-refractivity contribution in [1.82, 2.24) is 15.1 Å². The number of anilines is 1. The summed E-state index contributed by atoms with van der Waals surface area (Å²) < 4.78 is 12.6. The van der Waals surface area contributed by atoms with Crippen LogP contribution < -0.4 is 10.6 Å². The minimum Gasteiger partial charge on any atom is -0.480 e. The van der Waals surface area contributed by atoms with Gasteiger partial charge in [0.25, 0.3) is 5.91 Å². The number of nitrogens with one attached hydrogen (secondary N) is 2. The summed E-state index contributed by atoms with van der Waals surface area (Å²) >= 11 is 0. The molecule has 0 unspecified atom stereocenters. The summed E-state index contributed by atoms with van der Waals surface area (Å²) in [6, 6.07) is 23.9. The number of carbonyl (C=O) groups is 3. The van der Waals surface area contributed by atoms with Crippen molar-refractivity contribution in [3.05, 3.63) is 107 Å². The van der Waals surface area contributed by atoms with Crippen LogP contribution in [0.15, 0.2) is 85.1 Å². The van der Waals surface area contributed by atoms with Crippen molar-refractivity contribution in [2.45, 2.75) is 31.6 Å². The molecule has 10 nitrogen and oxygen atoms in total. The monoisotopic (exact) mass is 554 g/mol. The summed E-state index contributed by atoms with van der Waals surface area (Å²) in [5.41, 5.74) is 5.22. The average molecular weight is 555 g/mol. The first kappa shape index (κ1) is 27.6. The zero-order valence-corrected chi connectivity index (χ0v) is 22.6. The normalized spacial score (nSPS) is 13.5. The molecule has 1 aromatic heterocycles. The van der Waals surface area contributed by atoms with E-state index in [2.05, 4.69) is 15.7 Å². The fourth-order valence-electron chi connectivity index (χ4n) is 4.98. The summed E-state index contributed by atoms with van der Waals surface area (Å²) in [5, 5.41) is 18.9. The molecule has 3 aromatic carbocycles. The van der Waals surface area contributed by atoms with Crippen LogP contribution in [0.2, 0.25) is 0 Å². The molecule has 0 saturated heterocycles. The van der Waals surface area contributed by atoms with E-state index in [0.29, 0.717) is 0 Å². The van der Waals surface area contributed by atoms with Gasteiger partial charge in [-0.2, -0.15) is 5.10 Å². The number of benzene rings is 3. The molecule has 41 heavy (non-hydrogen) atoms. The Balaban J connectivity index is 1.23. The maximum Gasteiger partial charge on any atom is 0.412 e. The lowest BCUT2D eigenvalue weighted by Gasteiger charge is -2.22. The Labute approximate surface area is 236 Å². The van der Waals surface area contributed by atoms with E-state index < -0.39 is 30.1 Å². The number of aliphatic carboxylic acids is 1. The van der Waals surface area contributed by atoms with E-state index in [4.69, 9.17) is 9.47 Å². The number of carboxylic acids is 1. The topological polar surface area (TPSA) is 132 Å². The molecule has 2 amide bonds. The van der Waals surface area contributed by atoms with Crippen molar-refractivity contribution in [2.75, 3.05) is 11.9 Å². The fraction of sp³-hybridized carbons (Fsp3) is 0.226. The largest absolute Gasteiger partial charge is 0.480 e. The van der Waals surface area contributed by atoms with Gasteiger partial charge in [0.15, 0.2) is 11.9 Å². The van der Waals surface area contributed by atoms with Crippen molar-refractivity contribution >= 4 is 23.8 Å². The molecule has 1 heterocycles. The third-order valence-electron chi connectivity index (χ3n) is 7.02. The van der Waals surface area contributed by atoms with Crippen LogP contribution in [0.25, 0.3) is 11.1 Å². The molecule has 10 heteroatoms. The van der Waals surface area contributed by atoms with Gasteiger partial charge in [-0.15, -0.1) is 0 Å². The van der Waals surface area contributed by atoms with Gasteiger partial charge in [-0.1, -0.05) is 78.9 Å². The number of aryl methyl sites for hydroxylation is 1. The van der Waals surface area contributed by atoms with Gasteiger partial charge in [-0.3, -0.25) is 14.8 Å². The molecule has 210 valence electrons. The van der Waals surface area contributed by atoms with Crippen molar-refractivity contribution in [3.63, 3.8) is 0 Å². The number of carbonyl (C=O) groups excluding carboxylic acids is 2. The smallest absolute Gasteiger partial charge is 0.412 e. The SMILES string of the molecule is C[C@@H](OCc1ccccc1)[C@H](NC(=O)c1cn(C)nc1NC(=O)OCC1c2ccccc2-c2ccccc21)C(=O)O. The number of nitrogens with zero attached hydrogens (tertiary/aromatic N) is 2. The van der Waals surface area contributed by atoms with Crippen molar-refractivity contribution in [3.8, 4) is 11.1 Å². The summed E-state index contributed by atoms with van der Waals surface area (Å²) in [4.78, 5) is 37.9. The number of fused-ring (bicyclic) bond motifs is 3. The molecule has 4 aromatic rings. The quantitative estimate of drug-likeness (QED) is 0.262. The predicted octanol–water partition coefficient (Wildman–Crippen LogP) is 4.57. The van der Waals surface area contributed by atoms with Gasteiger partial charge >= 0.3 is 12.1 Å². The second-order valence-corrected chi connectivity index (χ2v) is 9.81. The number of amides is 2. The first-order chi connectivity index (χ1) is 19.8. The zero-order valence-electron chi connectivity index (χ0n) is 22.6. The Kier molecular flexibility index (Phi) is 8.11. The van der Waals surface area contributed by atoms with Gasteiger partial charge in [0.1, 0.15) is 12.2 Å². The molecular weight excluding hydrogens is 524 g/mol. The standard InChI is InChI=1S/C31H30N4O6/c1-19(40-17-20-10-4-3-5-11-20)27(30(37)38)32-29(36)25-16-35(2)34-28(25)33-31(39)41-18-26-23-14-8-6-12-21(23)22-13-7-9-15-24(22)26/h3-16,19,26-27H,17-18H2,1-2H3,(H,32,36)(H,37,38)(H,33,34,39)/t19-,27+/m1/s1. The zero-order chi connectivity index (χ0) is 28.9. The van der Waals surface area contributed by atoms with Crippen molar-refractivity contribution in [2.24, 2.45) is 7.05 Å². The highest BCUT2D eigenvalue weighted by Crippen LogP contribution is 2.44. The molecule has 0 radical (unpaired) electrons. The fourth-order valence-corrected chi connectivity index (χ4v) is 4.98. The first-order valence-electron chi connectivity index (χ1n) is 13.2. The van der Waals surface area contributed by atoms with E-state index in [1.807, 2.05) is 78.9 Å². The predicted molar refractivity (Wildman–Crippen MR) is 151 cm³/mol. The number of ether oxygens (including phenoxy) is 2. The minimum atomic E-state index is -1.34. The van der Waals surface area contributed by atoms with E-state index in [1.165, 1.54) is 10.9 Å². The summed E-state index contributed by atoms with van der Waals surface area (Å²) in [6.45, 7) is 1.84. The van der Waals surface area contributed by atoms with Crippen LogP contribution in [0.1, 0.15) is 39.9 Å². The maximum atomic E-state index is 13.1. The van der Waals surface area contributed by atoms with Crippen LogP contribution in [0.5, 0.6) is 0 Å². The molecular formula is C31H30N4O6. The van der Waals surface area contributed by atoms with Gasteiger partial charge in [-0.25, -0.2) is 9.59 Å².